The number of esters is 1. The zero-order valence-electron chi connectivity index (χ0n) is 20.5. The van der Waals surface area contributed by atoms with Crippen molar-refractivity contribution >= 4 is 54.9 Å². The number of hydrogen-bond donors (Lipinski definition) is 1. The van der Waals surface area contributed by atoms with Gasteiger partial charge in [-0.25, -0.2) is 13.2 Å². The minimum Gasteiger partial charge on any atom is -0.493 e. The zero-order valence-corrected chi connectivity index (χ0v) is 22.1. The molecule has 2 aliphatic rings. The van der Waals surface area contributed by atoms with Crippen molar-refractivity contribution in [1.29, 1.82) is 5.41 Å². The Labute approximate surface area is 218 Å². The van der Waals surface area contributed by atoms with E-state index in [2.05, 4.69) is 10.1 Å². The van der Waals surface area contributed by atoms with Gasteiger partial charge in [-0.2, -0.15) is 10.0 Å². The number of amidine groups is 2. The predicted molar refractivity (Wildman–Crippen MR) is 143 cm³/mol. The standard InChI is InChI=1S/C25H24N4O6S2/c1-14(2)13-37(32,33)25-28-29-21(26)18(22(30)27-24(29)36-25)11-16-8-9-19(20(12-16)34-4)35-23(31)17-7-5-6-15(3)10-17/h5-12,14,26H,13H2,1-4H3/b18-11+,26-21?. The van der Waals surface area contributed by atoms with Crippen molar-refractivity contribution in [2.45, 2.75) is 20.8 Å². The van der Waals surface area contributed by atoms with Gasteiger partial charge in [0.25, 0.3) is 5.91 Å². The van der Waals surface area contributed by atoms with E-state index in [0.717, 1.165) is 22.3 Å². The highest BCUT2D eigenvalue weighted by Gasteiger charge is 2.39. The zero-order chi connectivity index (χ0) is 26.9. The fourth-order valence-corrected chi connectivity index (χ4v) is 6.35. The largest absolute Gasteiger partial charge is 0.493 e. The maximum atomic E-state index is 12.7. The summed E-state index contributed by atoms with van der Waals surface area (Å²) in [4.78, 5) is 29.2. The van der Waals surface area contributed by atoms with Crippen LogP contribution in [0.15, 0.2) is 58.1 Å². The maximum Gasteiger partial charge on any atom is 0.343 e. The van der Waals surface area contributed by atoms with Crippen LogP contribution in [0.5, 0.6) is 11.5 Å². The number of thioether (sulfide) groups is 1. The van der Waals surface area contributed by atoms with E-state index in [1.54, 1.807) is 44.2 Å². The molecule has 0 aliphatic carbocycles. The molecule has 2 aromatic carbocycles. The van der Waals surface area contributed by atoms with Gasteiger partial charge in [0.1, 0.15) is 0 Å². The number of nitrogens with one attached hydrogen (secondary N) is 1. The quantitative estimate of drug-likeness (QED) is 0.331. The molecule has 1 amide bonds. The average molecular weight is 541 g/mol. The van der Waals surface area contributed by atoms with Gasteiger partial charge in [0.2, 0.25) is 19.4 Å². The van der Waals surface area contributed by atoms with Gasteiger partial charge in [-0.3, -0.25) is 10.2 Å². The Morgan fingerprint density at radius 1 is 1.19 bits per heavy atom. The summed E-state index contributed by atoms with van der Waals surface area (Å²) in [6.07, 6.45) is 1.42. The summed E-state index contributed by atoms with van der Waals surface area (Å²) in [5.74, 6) is -1.34. The predicted octanol–water partition coefficient (Wildman–Crippen LogP) is 3.87. The van der Waals surface area contributed by atoms with E-state index in [0.29, 0.717) is 11.1 Å². The van der Waals surface area contributed by atoms with Crippen molar-refractivity contribution in [3.05, 3.63) is 64.7 Å². The average Bonchev–Trinajstić information content (AvgIpc) is 3.27. The van der Waals surface area contributed by atoms with Crippen molar-refractivity contribution in [1.82, 2.24) is 5.01 Å². The number of rotatable bonds is 6. The van der Waals surface area contributed by atoms with Gasteiger partial charge in [0.05, 0.1) is 24.0 Å². The number of aliphatic imine (C=N–C) groups is 1. The Morgan fingerprint density at radius 2 is 1.95 bits per heavy atom. The minimum atomic E-state index is -3.68. The molecule has 0 atom stereocenters. The molecular weight excluding hydrogens is 516 g/mol. The van der Waals surface area contributed by atoms with Gasteiger partial charge >= 0.3 is 5.97 Å². The first-order chi connectivity index (χ1) is 17.5. The Hall–Kier alpha value is -3.77. The molecule has 0 radical (unpaired) electrons. The van der Waals surface area contributed by atoms with Crippen LogP contribution in [0.25, 0.3) is 6.08 Å². The number of sulfone groups is 1. The first-order valence-corrected chi connectivity index (χ1v) is 13.6. The molecule has 2 heterocycles. The smallest absolute Gasteiger partial charge is 0.343 e. The van der Waals surface area contributed by atoms with E-state index in [1.807, 2.05) is 13.0 Å². The molecule has 192 valence electrons. The summed E-state index contributed by atoms with van der Waals surface area (Å²) in [7, 11) is -2.26. The van der Waals surface area contributed by atoms with Gasteiger partial charge < -0.3 is 9.47 Å². The Bertz CT molecular complexity index is 1510. The lowest BCUT2D eigenvalue weighted by atomic mass is 10.1. The second kappa shape index (κ2) is 10.3. The molecule has 0 bridgehead atoms. The van der Waals surface area contributed by atoms with Crippen molar-refractivity contribution in [2.24, 2.45) is 16.0 Å². The van der Waals surface area contributed by atoms with Gasteiger partial charge in [0.15, 0.2) is 17.3 Å². The molecule has 2 aliphatic heterocycles. The van der Waals surface area contributed by atoms with E-state index in [1.165, 1.54) is 19.3 Å². The summed E-state index contributed by atoms with van der Waals surface area (Å²) >= 11 is 0.753. The summed E-state index contributed by atoms with van der Waals surface area (Å²) in [5, 5.41) is 13.6. The second-order valence-electron chi connectivity index (χ2n) is 8.73. The number of carbonyl (C=O) groups is 2. The van der Waals surface area contributed by atoms with Crippen molar-refractivity contribution in [2.75, 3.05) is 12.9 Å². The summed E-state index contributed by atoms with van der Waals surface area (Å²) in [5.41, 5.74) is 1.70. The van der Waals surface area contributed by atoms with E-state index in [-0.39, 0.29) is 44.1 Å². The number of fused-ring (bicyclic) bond motifs is 1. The monoisotopic (exact) mass is 540 g/mol. The fraction of sp³-hybridized carbons (Fsp3) is 0.240. The molecule has 10 nitrogen and oxygen atoms in total. The van der Waals surface area contributed by atoms with Crippen LogP contribution in [0.2, 0.25) is 0 Å². The number of hydrogen-bond acceptors (Lipinski definition) is 9. The third-order valence-electron chi connectivity index (χ3n) is 5.21. The van der Waals surface area contributed by atoms with Crippen LogP contribution in [-0.2, 0) is 14.6 Å². The Balaban J connectivity index is 1.59. The lowest BCUT2D eigenvalue weighted by molar-refractivity contribution is -0.114. The molecule has 12 heteroatoms. The van der Waals surface area contributed by atoms with Crippen LogP contribution in [-0.4, -0.2) is 53.5 Å². The number of amides is 1. The Kier molecular flexibility index (Phi) is 7.32. The SMILES string of the molecule is COc1cc(/C=C2\C(=N)N3N=C(S(=O)(=O)CC(C)C)SC3=NC2=O)ccc1OC(=O)c1cccc(C)c1. The second-order valence-corrected chi connectivity index (χ2v) is 11.9. The van der Waals surface area contributed by atoms with Gasteiger partial charge in [-0.15, -0.1) is 5.10 Å². The van der Waals surface area contributed by atoms with Gasteiger partial charge in [-0.05, 0) is 60.5 Å². The molecule has 0 fully saturated rings. The molecule has 0 saturated carbocycles. The molecule has 0 unspecified atom stereocenters. The van der Waals surface area contributed by atoms with E-state index < -0.39 is 21.7 Å². The number of nitrogens with zero attached hydrogens (tertiary/aromatic N) is 3. The molecular formula is C25H24N4O6S2. The number of carbonyl (C=O) groups excluding carboxylic acids is 2. The summed E-state index contributed by atoms with van der Waals surface area (Å²) in [6, 6.07) is 11.6. The summed E-state index contributed by atoms with van der Waals surface area (Å²) in [6.45, 7) is 5.42. The molecule has 37 heavy (non-hydrogen) atoms. The molecule has 0 saturated heterocycles. The van der Waals surface area contributed by atoms with Crippen molar-refractivity contribution in [3.63, 3.8) is 0 Å². The maximum absolute atomic E-state index is 12.7. The number of methoxy groups -OCH3 is 1. The molecule has 4 rings (SSSR count). The minimum absolute atomic E-state index is 0.0190. The number of hydrazone groups is 1. The highest BCUT2D eigenvalue weighted by Crippen LogP contribution is 2.33. The number of ether oxygens (including phenoxy) is 2. The number of benzene rings is 2. The summed E-state index contributed by atoms with van der Waals surface area (Å²) < 4.78 is 35.8. The van der Waals surface area contributed by atoms with Crippen LogP contribution in [0.1, 0.15) is 35.3 Å². The van der Waals surface area contributed by atoms with Crippen LogP contribution in [0.4, 0.5) is 0 Å². The highest BCUT2D eigenvalue weighted by molar-refractivity contribution is 8.42. The molecule has 0 spiro atoms. The third kappa shape index (κ3) is 5.65. The lowest BCUT2D eigenvalue weighted by Gasteiger charge is -2.20. The fourth-order valence-electron chi connectivity index (χ4n) is 3.57. The third-order valence-corrected chi connectivity index (χ3v) is 8.64. The lowest BCUT2D eigenvalue weighted by Crippen LogP contribution is -2.35. The van der Waals surface area contributed by atoms with Crippen LogP contribution < -0.4 is 9.47 Å². The number of aryl methyl sites for hydroxylation is 1. The highest BCUT2D eigenvalue weighted by atomic mass is 32.3. The van der Waals surface area contributed by atoms with Crippen LogP contribution in [0, 0.1) is 18.3 Å². The van der Waals surface area contributed by atoms with Crippen molar-refractivity contribution < 1.29 is 27.5 Å². The molecule has 2 aromatic rings. The molecule has 0 aromatic heterocycles. The molecule has 1 N–H and O–H groups in total. The van der Waals surface area contributed by atoms with Gasteiger partial charge in [0, 0.05) is 0 Å². The Morgan fingerprint density at radius 3 is 2.62 bits per heavy atom. The normalized spacial score (nSPS) is 16.6. The van der Waals surface area contributed by atoms with Crippen molar-refractivity contribution in [3.8, 4) is 11.5 Å². The van der Waals surface area contributed by atoms with Crippen LogP contribution in [0.3, 0.4) is 0 Å². The van der Waals surface area contributed by atoms with Crippen LogP contribution >= 0.6 is 11.8 Å². The van der Waals surface area contributed by atoms with Gasteiger partial charge in [-0.1, -0.05) is 37.6 Å². The topological polar surface area (TPSA) is 139 Å². The first-order valence-electron chi connectivity index (χ1n) is 11.2. The van der Waals surface area contributed by atoms with E-state index in [4.69, 9.17) is 14.9 Å². The van der Waals surface area contributed by atoms with E-state index >= 15 is 0 Å². The van der Waals surface area contributed by atoms with E-state index in [9.17, 15) is 18.0 Å². The first kappa shape index (κ1) is 26.3.